The molecule has 0 radical (unpaired) electrons. The van der Waals surface area contributed by atoms with Crippen molar-refractivity contribution in [2.24, 2.45) is 7.05 Å². The summed E-state index contributed by atoms with van der Waals surface area (Å²) in [7, 11) is 1.93. The Hall–Kier alpha value is -0.970. The molecule has 0 atom stereocenters. The molecule has 1 aromatic carbocycles. The standard InChI is InChI=1S/C14H18ClN3S/c1-11-14(15)13(18(2)17-11)10-16-8-9-19-12-6-4-3-5-7-12/h3-7,16H,8-10H2,1-2H3. The van der Waals surface area contributed by atoms with E-state index in [2.05, 4.69) is 34.7 Å². The molecule has 2 rings (SSSR count). The lowest BCUT2D eigenvalue weighted by Gasteiger charge is -2.06. The van der Waals surface area contributed by atoms with E-state index < -0.39 is 0 Å². The fourth-order valence-electron chi connectivity index (χ4n) is 1.84. The van der Waals surface area contributed by atoms with Crippen LogP contribution >= 0.6 is 23.4 Å². The summed E-state index contributed by atoms with van der Waals surface area (Å²) in [5.41, 5.74) is 1.93. The molecule has 0 amide bonds. The van der Waals surface area contributed by atoms with Gasteiger partial charge in [0.1, 0.15) is 0 Å². The van der Waals surface area contributed by atoms with E-state index in [1.807, 2.05) is 36.5 Å². The summed E-state index contributed by atoms with van der Waals surface area (Å²) in [6.07, 6.45) is 0. The van der Waals surface area contributed by atoms with Crippen molar-refractivity contribution in [2.45, 2.75) is 18.4 Å². The minimum atomic E-state index is 0.755. The number of nitrogens with one attached hydrogen (secondary N) is 1. The molecule has 2 aromatic rings. The maximum atomic E-state index is 6.19. The average molecular weight is 296 g/mol. The SMILES string of the molecule is Cc1nn(C)c(CNCCSc2ccccc2)c1Cl. The maximum absolute atomic E-state index is 6.19. The molecule has 3 nitrogen and oxygen atoms in total. The summed E-state index contributed by atoms with van der Waals surface area (Å²) in [6, 6.07) is 10.4. The van der Waals surface area contributed by atoms with Gasteiger partial charge in [-0.05, 0) is 19.1 Å². The van der Waals surface area contributed by atoms with Crippen LogP contribution in [-0.2, 0) is 13.6 Å². The Bertz CT molecular complexity index is 525. The molecule has 0 fully saturated rings. The molecule has 19 heavy (non-hydrogen) atoms. The van der Waals surface area contributed by atoms with Crippen molar-refractivity contribution in [1.29, 1.82) is 0 Å². The molecule has 0 saturated carbocycles. The number of hydrogen-bond donors (Lipinski definition) is 1. The van der Waals surface area contributed by atoms with Gasteiger partial charge >= 0.3 is 0 Å². The van der Waals surface area contributed by atoms with E-state index in [0.29, 0.717) is 0 Å². The Balaban J connectivity index is 1.72. The zero-order valence-corrected chi connectivity index (χ0v) is 12.8. The van der Waals surface area contributed by atoms with Gasteiger partial charge in [0.15, 0.2) is 0 Å². The number of hydrogen-bond acceptors (Lipinski definition) is 3. The van der Waals surface area contributed by atoms with Crippen LogP contribution in [0.3, 0.4) is 0 Å². The van der Waals surface area contributed by atoms with Crippen LogP contribution in [0.4, 0.5) is 0 Å². The smallest absolute Gasteiger partial charge is 0.0860 e. The van der Waals surface area contributed by atoms with Crippen LogP contribution in [0.15, 0.2) is 35.2 Å². The first kappa shape index (κ1) is 14.4. The summed E-state index contributed by atoms with van der Waals surface area (Å²) in [5.74, 6) is 1.04. The zero-order valence-electron chi connectivity index (χ0n) is 11.2. The first-order chi connectivity index (χ1) is 9.18. The van der Waals surface area contributed by atoms with Crippen LogP contribution in [-0.4, -0.2) is 22.1 Å². The molecule has 0 spiro atoms. The molecule has 0 unspecified atom stereocenters. The van der Waals surface area contributed by atoms with Crippen LogP contribution in [0.25, 0.3) is 0 Å². The van der Waals surface area contributed by atoms with E-state index in [1.54, 1.807) is 0 Å². The first-order valence-corrected chi connectivity index (χ1v) is 7.61. The van der Waals surface area contributed by atoms with Crippen molar-refractivity contribution in [1.82, 2.24) is 15.1 Å². The predicted molar refractivity (Wildman–Crippen MR) is 81.8 cm³/mol. The molecule has 1 N–H and O–H groups in total. The van der Waals surface area contributed by atoms with Gasteiger partial charge in [-0.25, -0.2) is 0 Å². The molecule has 102 valence electrons. The predicted octanol–water partition coefficient (Wildman–Crippen LogP) is 3.26. The van der Waals surface area contributed by atoms with E-state index in [1.165, 1.54) is 4.90 Å². The van der Waals surface area contributed by atoms with Gasteiger partial charge in [0.25, 0.3) is 0 Å². The average Bonchev–Trinajstić information content (AvgIpc) is 2.65. The number of aromatic nitrogens is 2. The van der Waals surface area contributed by atoms with Crippen LogP contribution in [0.1, 0.15) is 11.4 Å². The van der Waals surface area contributed by atoms with Gasteiger partial charge in [-0.15, -0.1) is 11.8 Å². The summed E-state index contributed by atoms with van der Waals surface area (Å²) >= 11 is 8.05. The topological polar surface area (TPSA) is 29.9 Å². The third-order valence-corrected chi connectivity index (χ3v) is 4.35. The Labute approximate surface area is 123 Å². The van der Waals surface area contributed by atoms with Crippen LogP contribution in [0.2, 0.25) is 5.02 Å². The van der Waals surface area contributed by atoms with Gasteiger partial charge in [-0.1, -0.05) is 29.8 Å². The number of halogens is 1. The van der Waals surface area contributed by atoms with Gasteiger partial charge in [-0.3, -0.25) is 4.68 Å². The van der Waals surface area contributed by atoms with Crippen molar-refractivity contribution in [3.8, 4) is 0 Å². The van der Waals surface area contributed by atoms with Crippen molar-refractivity contribution >= 4 is 23.4 Å². The Morgan fingerprint density at radius 1 is 1.32 bits per heavy atom. The quantitative estimate of drug-likeness (QED) is 0.655. The van der Waals surface area contributed by atoms with Crippen molar-refractivity contribution in [2.75, 3.05) is 12.3 Å². The molecule has 1 heterocycles. The van der Waals surface area contributed by atoms with E-state index in [4.69, 9.17) is 11.6 Å². The second-order valence-electron chi connectivity index (χ2n) is 4.31. The third kappa shape index (κ3) is 4.00. The van der Waals surface area contributed by atoms with Crippen molar-refractivity contribution in [3.63, 3.8) is 0 Å². The van der Waals surface area contributed by atoms with Gasteiger partial charge in [0.2, 0.25) is 0 Å². The summed E-state index contributed by atoms with van der Waals surface area (Å²) in [4.78, 5) is 1.30. The monoisotopic (exact) mass is 295 g/mol. The Morgan fingerprint density at radius 2 is 2.05 bits per heavy atom. The van der Waals surface area contributed by atoms with E-state index in [-0.39, 0.29) is 0 Å². The molecule has 1 aromatic heterocycles. The lowest BCUT2D eigenvalue weighted by atomic mass is 10.3. The second kappa shape index (κ2) is 6.98. The van der Waals surface area contributed by atoms with Crippen LogP contribution < -0.4 is 5.32 Å². The zero-order chi connectivity index (χ0) is 13.7. The van der Waals surface area contributed by atoms with Gasteiger partial charge in [0, 0.05) is 30.8 Å². The molecule has 5 heteroatoms. The second-order valence-corrected chi connectivity index (χ2v) is 5.85. The van der Waals surface area contributed by atoms with Crippen molar-refractivity contribution in [3.05, 3.63) is 46.7 Å². The molecular formula is C14H18ClN3S. The first-order valence-electron chi connectivity index (χ1n) is 6.25. The minimum Gasteiger partial charge on any atom is -0.310 e. The Morgan fingerprint density at radius 3 is 2.68 bits per heavy atom. The largest absolute Gasteiger partial charge is 0.310 e. The summed E-state index contributed by atoms with van der Waals surface area (Å²) < 4.78 is 1.84. The molecule has 0 aliphatic rings. The summed E-state index contributed by atoms with van der Waals surface area (Å²) in [5, 5.41) is 8.47. The lowest BCUT2D eigenvalue weighted by molar-refractivity contribution is 0.643. The minimum absolute atomic E-state index is 0.755. The van der Waals surface area contributed by atoms with E-state index in [9.17, 15) is 0 Å². The molecule has 0 saturated heterocycles. The van der Waals surface area contributed by atoms with E-state index in [0.717, 1.165) is 35.3 Å². The maximum Gasteiger partial charge on any atom is 0.0860 e. The fourth-order valence-corrected chi connectivity index (χ4v) is 2.90. The number of rotatable bonds is 6. The number of aryl methyl sites for hydroxylation is 2. The van der Waals surface area contributed by atoms with E-state index >= 15 is 0 Å². The number of benzene rings is 1. The highest BCUT2D eigenvalue weighted by atomic mass is 35.5. The van der Waals surface area contributed by atoms with Crippen molar-refractivity contribution < 1.29 is 0 Å². The van der Waals surface area contributed by atoms with Gasteiger partial charge < -0.3 is 5.32 Å². The van der Waals surface area contributed by atoms with Crippen LogP contribution in [0, 0.1) is 6.92 Å². The fraction of sp³-hybridized carbons (Fsp3) is 0.357. The van der Waals surface area contributed by atoms with Crippen LogP contribution in [0.5, 0.6) is 0 Å². The molecule has 0 bridgehead atoms. The van der Waals surface area contributed by atoms with Gasteiger partial charge in [-0.2, -0.15) is 5.10 Å². The normalized spacial score (nSPS) is 10.9. The molecular weight excluding hydrogens is 278 g/mol. The third-order valence-electron chi connectivity index (χ3n) is 2.84. The van der Waals surface area contributed by atoms with Gasteiger partial charge in [0.05, 0.1) is 16.4 Å². The highest BCUT2D eigenvalue weighted by Crippen LogP contribution is 2.19. The molecule has 0 aliphatic heterocycles. The highest BCUT2D eigenvalue weighted by molar-refractivity contribution is 7.99. The highest BCUT2D eigenvalue weighted by Gasteiger charge is 2.09. The number of thioether (sulfide) groups is 1. The number of nitrogens with zero attached hydrogens (tertiary/aromatic N) is 2. The lowest BCUT2D eigenvalue weighted by Crippen LogP contribution is -2.18. The molecule has 0 aliphatic carbocycles. The Kier molecular flexibility index (Phi) is 5.31. The summed E-state index contributed by atoms with van der Waals surface area (Å²) in [6.45, 7) is 3.63.